The van der Waals surface area contributed by atoms with Gasteiger partial charge in [0.1, 0.15) is 30.1 Å². The summed E-state index contributed by atoms with van der Waals surface area (Å²) in [5.74, 6) is -0.683. The zero-order chi connectivity index (χ0) is 25.8. The van der Waals surface area contributed by atoms with Gasteiger partial charge in [0.05, 0.1) is 19.6 Å². The molecule has 0 heterocycles. The third-order valence-electron chi connectivity index (χ3n) is 5.63. The van der Waals surface area contributed by atoms with Crippen LogP contribution in [0.2, 0.25) is 0 Å². The smallest absolute Gasteiger partial charge is 0.306 e. The first-order valence-corrected chi connectivity index (χ1v) is 11.2. The maximum Gasteiger partial charge on any atom is 0.306 e. The molecule has 0 bridgehead atoms. The Morgan fingerprint density at radius 2 is 1.74 bits per heavy atom. The molecule has 2 N–H and O–H groups in total. The molecule has 3 aromatic carbocycles. The van der Waals surface area contributed by atoms with Gasteiger partial charge in [-0.25, -0.2) is 8.78 Å². The van der Waals surface area contributed by atoms with Crippen LogP contribution in [0.5, 0.6) is 11.5 Å². The van der Waals surface area contributed by atoms with E-state index < -0.39 is 35.9 Å². The normalized spacial score (nSPS) is 13.2. The predicted molar refractivity (Wildman–Crippen MR) is 130 cm³/mol. The molecule has 35 heavy (non-hydrogen) atoms. The van der Waals surface area contributed by atoms with Crippen LogP contribution < -0.4 is 9.47 Å². The Morgan fingerprint density at radius 3 is 2.40 bits per heavy atom. The summed E-state index contributed by atoms with van der Waals surface area (Å²) in [5.41, 5.74) is 1.40. The van der Waals surface area contributed by atoms with Crippen LogP contribution in [0.3, 0.4) is 0 Å². The molecule has 0 radical (unpaired) electrons. The molecule has 0 amide bonds. The number of aliphatic carboxylic acids is 1. The van der Waals surface area contributed by atoms with Gasteiger partial charge in [-0.1, -0.05) is 45.0 Å². The summed E-state index contributed by atoms with van der Waals surface area (Å²) < 4.78 is 41.4. The highest BCUT2D eigenvalue weighted by Gasteiger charge is 2.29. The molecule has 7 heteroatoms. The molecule has 0 aliphatic heterocycles. The van der Waals surface area contributed by atoms with Crippen molar-refractivity contribution in [3.8, 4) is 22.6 Å². The second-order valence-corrected chi connectivity index (χ2v) is 9.47. The first kappa shape index (κ1) is 26.2. The lowest BCUT2D eigenvalue weighted by Gasteiger charge is -2.27. The molecule has 3 rings (SSSR count). The summed E-state index contributed by atoms with van der Waals surface area (Å²) in [5, 5.41) is 18.9. The molecular formula is C28H30F2O5. The molecule has 0 spiro atoms. The standard InChI is InChI=1S/C28H30F2O5/c1-28(2,3)27(30)23-12-17(8-10-21(23)22-14-19(34-4)9-11-24(22)29)16-35-20-7-5-6-18(13-20)25(31)15-26(32)33/h5-14,25,27,31H,15-16H2,1-4H3,(H,32,33)/t25-,27+/m1/s1. The number of carbonyl (C=O) groups is 1. The third kappa shape index (κ3) is 6.57. The van der Waals surface area contributed by atoms with Gasteiger partial charge >= 0.3 is 5.97 Å². The SMILES string of the molecule is COc1ccc(F)c(-c2ccc(COc3cccc([C@H](O)CC(=O)O)c3)cc2[C@H](F)C(C)(C)C)c1. The highest BCUT2D eigenvalue weighted by Crippen LogP contribution is 2.42. The number of aliphatic hydroxyl groups is 1. The Morgan fingerprint density at radius 1 is 1.00 bits per heavy atom. The van der Waals surface area contributed by atoms with Crippen LogP contribution in [-0.2, 0) is 11.4 Å². The molecule has 0 saturated heterocycles. The van der Waals surface area contributed by atoms with Gasteiger partial charge < -0.3 is 19.7 Å². The molecule has 0 fully saturated rings. The van der Waals surface area contributed by atoms with Crippen LogP contribution in [0.1, 0.15) is 56.2 Å². The van der Waals surface area contributed by atoms with Gasteiger partial charge in [-0.3, -0.25) is 4.79 Å². The molecular weight excluding hydrogens is 454 g/mol. The van der Waals surface area contributed by atoms with Crippen molar-refractivity contribution in [3.05, 3.63) is 83.2 Å². The summed E-state index contributed by atoms with van der Waals surface area (Å²) in [6.07, 6.45) is -2.95. The summed E-state index contributed by atoms with van der Waals surface area (Å²) in [7, 11) is 1.49. The lowest BCUT2D eigenvalue weighted by molar-refractivity contribution is -0.139. The van der Waals surface area contributed by atoms with E-state index in [0.29, 0.717) is 33.8 Å². The van der Waals surface area contributed by atoms with E-state index in [9.17, 15) is 14.3 Å². The fourth-order valence-electron chi connectivity index (χ4n) is 3.72. The van der Waals surface area contributed by atoms with E-state index in [-0.39, 0.29) is 12.2 Å². The molecule has 0 aliphatic rings. The van der Waals surface area contributed by atoms with Gasteiger partial charge in [0.2, 0.25) is 0 Å². The van der Waals surface area contributed by atoms with E-state index in [4.69, 9.17) is 14.6 Å². The van der Waals surface area contributed by atoms with Crippen molar-refractivity contribution in [2.75, 3.05) is 7.11 Å². The average molecular weight is 485 g/mol. The summed E-state index contributed by atoms with van der Waals surface area (Å²) >= 11 is 0. The lowest BCUT2D eigenvalue weighted by atomic mass is 9.82. The monoisotopic (exact) mass is 484 g/mol. The number of halogens is 2. The van der Waals surface area contributed by atoms with Crippen molar-refractivity contribution in [1.29, 1.82) is 0 Å². The quantitative estimate of drug-likeness (QED) is 0.356. The van der Waals surface area contributed by atoms with Crippen LogP contribution in [0.25, 0.3) is 11.1 Å². The number of benzene rings is 3. The number of hydrogen-bond donors (Lipinski definition) is 2. The molecule has 3 aromatic rings. The Kier molecular flexibility index (Phi) is 8.12. The number of carboxylic acids is 1. The van der Waals surface area contributed by atoms with Crippen LogP contribution in [-0.4, -0.2) is 23.3 Å². The topological polar surface area (TPSA) is 76.0 Å². The molecule has 2 atom stereocenters. The van der Waals surface area contributed by atoms with Gasteiger partial charge in [0.25, 0.3) is 0 Å². The van der Waals surface area contributed by atoms with Gasteiger partial charge in [0.15, 0.2) is 0 Å². The third-order valence-corrected chi connectivity index (χ3v) is 5.63. The van der Waals surface area contributed by atoms with E-state index in [1.54, 1.807) is 69.3 Å². The van der Waals surface area contributed by atoms with Crippen molar-refractivity contribution < 1.29 is 33.3 Å². The number of ether oxygens (including phenoxy) is 2. The average Bonchev–Trinajstić information content (AvgIpc) is 2.81. The predicted octanol–water partition coefficient (Wildman–Crippen LogP) is 6.65. The van der Waals surface area contributed by atoms with Crippen LogP contribution in [0.15, 0.2) is 60.7 Å². The second kappa shape index (κ2) is 10.9. The van der Waals surface area contributed by atoms with Crippen LogP contribution in [0, 0.1) is 11.2 Å². The molecule has 0 unspecified atom stereocenters. The fourth-order valence-corrected chi connectivity index (χ4v) is 3.72. The highest BCUT2D eigenvalue weighted by molar-refractivity contribution is 5.70. The van der Waals surface area contributed by atoms with Gasteiger partial charge in [0, 0.05) is 5.56 Å². The number of aliphatic hydroxyl groups excluding tert-OH is 1. The Balaban J connectivity index is 1.92. The Labute approximate surface area is 204 Å². The minimum absolute atomic E-state index is 0.100. The number of hydrogen-bond acceptors (Lipinski definition) is 4. The molecule has 186 valence electrons. The van der Waals surface area contributed by atoms with Crippen molar-refractivity contribution >= 4 is 5.97 Å². The Bertz CT molecular complexity index is 1190. The summed E-state index contributed by atoms with van der Waals surface area (Å²) in [4.78, 5) is 10.9. The van der Waals surface area contributed by atoms with Gasteiger partial charge in [-0.05, 0) is 64.1 Å². The first-order chi connectivity index (χ1) is 16.5. The van der Waals surface area contributed by atoms with Crippen molar-refractivity contribution in [1.82, 2.24) is 0 Å². The number of alkyl halides is 1. The zero-order valence-corrected chi connectivity index (χ0v) is 20.2. The lowest BCUT2D eigenvalue weighted by Crippen LogP contribution is -2.15. The van der Waals surface area contributed by atoms with E-state index >= 15 is 4.39 Å². The summed E-state index contributed by atoms with van der Waals surface area (Å²) in [6.45, 7) is 5.44. The van der Waals surface area contributed by atoms with Crippen LogP contribution in [0.4, 0.5) is 8.78 Å². The fraction of sp³-hybridized carbons (Fsp3) is 0.321. The number of carboxylic acid groups (broad SMARTS) is 1. The number of methoxy groups -OCH3 is 1. The minimum Gasteiger partial charge on any atom is -0.497 e. The molecule has 0 aromatic heterocycles. The minimum atomic E-state index is -1.38. The first-order valence-electron chi connectivity index (χ1n) is 11.2. The van der Waals surface area contributed by atoms with E-state index in [1.807, 2.05) is 0 Å². The second-order valence-electron chi connectivity index (χ2n) is 9.47. The van der Waals surface area contributed by atoms with Crippen LogP contribution >= 0.6 is 0 Å². The van der Waals surface area contributed by atoms with Crippen molar-refractivity contribution in [2.24, 2.45) is 5.41 Å². The summed E-state index contributed by atoms with van der Waals surface area (Å²) in [6, 6.07) is 16.0. The molecule has 5 nitrogen and oxygen atoms in total. The maximum absolute atomic E-state index is 15.6. The zero-order valence-electron chi connectivity index (χ0n) is 20.2. The highest BCUT2D eigenvalue weighted by atomic mass is 19.1. The van der Waals surface area contributed by atoms with E-state index in [1.165, 1.54) is 19.2 Å². The maximum atomic E-state index is 15.6. The van der Waals surface area contributed by atoms with E-state index in [2.05, 4.69) is 0 Å². The number of rotatable bonds is 9. The van der Waals surface area contributed by atoms with Crippen molar-refractivity contribution in [3.63, 3.8) is 0 Å². The molecule has 0 aliphatic carbocycles. The largest absolute Gasteiger partial charge is 0.497 e. The van der Waals surface area contributed by atoms with Crippen molar-refractivity contribution in [2.45, 2.75) is 46.1 Å². The Hall–Kier alpha value is -3.45. The van der Waals surface area contributed by atoms with Gasteiger partial charge in [-0.2, -0.15) is 0 Å². The van der Waals surface area contributed by atoms with E-state index in [0.717, 1.165) is 0 Å². The van der Waals surface area contributed by atoms with Gasteiger partial charge in [-0.15, -0.1) is 0 Å². The molecule has 0 saturated carbocycles.